The molecule has 104 valence electrons. The molecule has 0 saturated heterocycles. The zero-order chi connectivity index (χ0) is 14.8. The van der Waals surface area contributed by atoms with Gasteiger partial charge in [0, 0.05) is 6.07 Å². The van der Waals surface area contributed by atoms with Crippen LogP contribution < -0.4 is 9.92 Å². The molecule has 0 unspecified atom stereocenters. The number of nitrogens with zero attached hydrogens (tertiary/aromatic N) is 1. The summed E-state index contributed by atoms with van der Waals surface area (Å²) >= 11 is 0. The fraction of sp³-hybridized carbons (Fsp3) is 0. The molecule has 0 aliphatic heterocycles. The van der Waals surface area contributed by atoms with Crippen LogP contribution in [0.3, 0.4) is 0 Å². The van der Waals surface area contributed by atoms with Crippen molar-refractivity contribution in [3.8, 4) is 5.75 Å². The molecule has 2 aromatic rings. The predicted molar refractivity (Wildman–Crippen MR) is 71.8 cm³/mol. The number of para-hydroxylation sites is 1. The topological polar surface area (TPSA) is 113 Å². The first-order valence-electron chi connectivity index (χ1n) is 5.43. The Hall–Kier alpha value is -2.61. The molecule has 7 nitrogen and oxygen atoms in total. The Morgan fingerprint density at radius 3 is 2.30 bits per heavy atom. The minimum atomic E-state index is -4.08. The molecule has 8 heteroatoms. The van der Waals surface area contributed by atoms with E-state index in [1.807, 2.05) is 0 Å². The third-order valence-electron chi connectivity index (χ3n) is 2.43. The van der Waals surface area contributed by atoms with Gasteiger partial charge in [-0.3, -0.25) is 10.1 Å². The molecule has 0 amide bonds. The molecule has 0 aliphatic carbocycles. The zero-order valence-electron chi connectivity index (χ0n) is 10.1. The summed E-state index contributed by atoms with van der Waals surface area (Å²) < 4.78 is 28.9. The molecule has 2 rings (SSSR count). The van der Waals surface area contributed by atoms with E-state index >= 15 is 0 Å². The average Bonchev–Trinajstić information content (AvgIpc) is 2.38. The van der Waals surface area contributed by atoms with Crippen LogP contribution in [0, 0.1) is 10.1 Å². The monoisotopic (exact) mass is 294 g/mol. The van der Waals surface area contributed by atoms with Gasteiger partial charge < -0.3 is 9.92 Å². The van der Waals surface area contributed by atoms with Gasteiger partial charge >= 0.3 is 10.1 Å². The quantitative estimate of drug-likeness (QED) is 0.399. The van der Waals surface area contributed by atoms with E-state index in [0.29, 0.717) is 0 Å². The van der Waals surface area contributed by atoms with Gasteiger partial charge in [0.2, 0.25) is 0 Å². The normalized spacial score (nSPS) is 11.0. The van der Waals surface area contributed by atoms with Crippen molar-refractivity contribution < 1.29 is 17.5 Å². The van der Waals surface area contributed by atoms with Gasteiger partial charge in [-0.25, -0.2) is 0 Å². The largest absolute Gasteiger partial charge is 0.393 e. The molecule has 0 spiro atoms. The van der Waals surface area contributed by atoms with Gasteiger partial charge in [0.1, 0.15) is 16.3 Å². The van der Waals surface area contributed by atoms with E-state index in [2.05, 4.69) is 0 Å². The SMILES string of the molecule is Nc1cc(S(=O)(=O)Oc2ccccc2)ccc1[N+](=O)[O-]. The summed E-state index contributed by atoms with van der Waals surface area (Å²) in [5.74, 6) is 0.143. The Labute approximate surface area is 114 Å². The van der Waals surface area contributed by atoms with Crippen LogP contribution in [0.1, 0.15) is 0 Å². The zero-order valence-corrected chi connectivity index (χ0v) is 10.9. The maximum atomic E-state index is 12.0. The van der Waals surface area contributed by atoms with Crippen molar-refractivity contribution in [3.05, 3.63) is 58.6 Å². The van der Waals surface area contributed by atoms with Crippen molar-refractivity contribution in [3.63, 3.8) is 0 Å². The first-order chi connectivity index (χ1) is 9.40. The molecule has 0 radical (unpaired) electrons. The molecule has 20 heavy (non-hydrogen) atoms. The summed E-state index contributed by atoms with van der Waals surface area (Å²) in [6, 6.07) is 11.0. The van der Waals surface area contributed by atoms with E-state index in [4.69, 9.17) is 9.92 Å². The lowest BCUT2D eigenvalue weighted by atomic mass is 10.3. The molecule has 0 saturated carbocycles. The summed E-state index contributed by atoms with van der Waals surface area (Å²) in [6.07, 6.45) is 0. The van der Waals surface area contributed by atoms with Crippen LogP contribution in [0.25, 0.3) is 0 Å². The summed E-state index contributed by atoms with van der Waals surface area (Å²) in [4.78, 5) is 9.68. The number of benzene rings is 2. The van der Waals surface area contributed by atoms with Crippen molar-refractivity contribution in [2.75, 3.05) is 5.73 Å². The fourth-order valence-corrected chi connectivity index (χ4v) is 2.47. The Morgan fingerprint density at radius 2 is 1.75 bits per heavy atom. The summed E-state index contributed by atoms with van der Waals surface area (Å²) in [5.41, 5.74) is 4.85. The number of hydrogen-bond donors (Lipinski definition) is 1. The van der Waals surface area contributed by atoms with Crippen molar-refractivity contribution in [2.24, 2.45) is 0 Å². The lowest BCUT2D eigenvalue weighted by molar-refractivity contribution is -0.383. The maximum absolute atomic E-state index is 12.0. The van der Waals surface area contributed by atoms with Crippen molar-refractivity contribution in [1.29, 1.82) is 0 Å². The van der Waals surface area contributed by atoms with E-state index in [9.17, 15) is 18.5 Å². The number of hydrogen-bond acceptors (Lipinski definition) is 6. The van der Waals surface area contributed by atoms with E-state index in [-0.39, 0.29) is 22.0 Å². The summed E-state index contributed by atoms with van der Waals surface area (Å²) in [7, 11) is -4.08. The van der Waals surface area contributed by atoms with E-state index in [0.717, 1.165) is 18.2 Å². The van der Waals surface area contributed by atoms with Crippen LogP contribution >= 0.6 is 0 Å². The summed E-state index contributed by atoms with van der Waals surface area (Å²) in [5, 5.41) is 10.6. The number of nitrogens with two attached hydrogens (primary N) is 1. The summed E-state index contributed by atoms with van der Waals surface area (Å²) in [6.45, 7) is 0. The van der Waals surface area contributed by atoms with Gasteiger partial charge in [-0.2, -0.15) is 8.42 Å². The highest BCUT2D eigenvalue weighted by molar-refractivity contribution is 7.87. The van der Waals surface area contributed by atoms with Gasteiger partial charge in [-0.1, -0.05) is 18.2 Å². The second-order valence-corrected chi connectivity index (χ2v) is 5.37. The first-order valence-corrected chi connectivity index (χ1v) is 6.84. The van der Waals surface area contributed by atoms with Crippen LogP contribution in [-0.2, 0) is 10.1 Å². The maximum Gasteiger partial charge on any atom is 0.339 e. The fourth-order valence-electron chi connectivity index (χ4n) is 1.51. The Morgan fingerprint density at radius 1 is 1.10 bits per heavy atom. The standard InChI is InChI=1S/C12H10N2O5S/c13-11-8-10(6-7-12(11)14(15)16)20(17,18)19-9-4-2-1-3-5-9/h1-8H,13H2. The molecule has 2 N–H and O–H groups in total. The van der Waals surface area contributed by atoms with E-state index in [1.165, 1.54) is 12.1 Å². The second-order valence-electron chi connectivity index (χ2n) is 3.83. The van der Waals surface area contributed by atoms with Crippen LogP contribution in [-0.4, -0.2) is 13.3 Å². The average molecular weight is 294 g/mol. The van der Waals surface area contributed by atoms with Crippen molar-refractivity contribution in [1.82, 2.24) is 0 Å². The molecular formula is C12H10N2O5S. The molecule has 0 heterocycles. The highest BCUT2D eigenvalue weighted by atomic mass is 32.2. The van der Waals surface area contributed by atoms with Gasteiger partial charge in [-0.05, 0) is 24.3 Å². The van der Waals surface area contributed by atoms with Gasteiger partial charge in [0.25, 0.3) is 5.69 Å². The molecule has 0 aliphatic rings. The third kappa shape index (κ3) is 2.86. The smallest absolute Gasteiger partial charge is 0.339 e. The Bertz CT molecular complexity index is 744. The van der Waals surface area contributed by atoms with Gasteiger partial charge in [-0.15, -0.1) is 0 Å². The van der Waals surface area contributed by atoms with Gasteiger partial charge in [0.05, 0.1) is 4.92 Å². The van der Waals surface area contributed by atoms with Crippen LogP contribution in [0.5, 0.6) is 5.75 Å². The van der Waals surface area contributed by atoms with Crippen molar-refractivity contribution >= 4 is 21.5 Å². The van der Waals surface area contributed by atoms with E-state index < -0.39 is 15.0 Å². The minimum absolute atomic E-state index is 0.143. The number of anilines is 1. The molecular weight excluding hydrogens is 284 g/mol. The molecule has 0 atom stereocenters. The molecule has 0 bridgehead atoms. The second kappa shape index (κ2) is 5.17. The molecule has 2 aromatic carbocycles. The molecule has 0 fully saturated rings. The lowest BCUT2D eigenvalue weighted by Crippen LogP contribution is -2.10. The number of rotatable bonds is 4. The van der Waals surface area contributed by atoms with E-state index in [1.54, 1.807) is 18.2 Å². The van der Waals surface area contributed by atoms with Crippen molar-refractivity contribution in [2.45, 2.75) is 4.90 Å². The lowest BCUT2D eigenvalue weighted by Gasteiger charge is -2.07. The Kier molecular flexibility index (Phi) is 3.57. The first kappa shape index (κ1) is 13.8. The van der Waals surface area contributed by atoms with Crippen LogP contribution in [0.4, 0.5) is 11.4 Å². The highest BCUT2D eigenvalue weighted by Gasteiger charge is 2.20. The van der Waals surface area contributed by atoms with Gasteiger partial charge in [0.15, 0.2) is 0 Å². The number of nitro benzene ring substituents is 1. The minimum Gasteiger partial charge on any atom is -0.393 e. The predicted octanol–water partition coefficient (Wildman–Crippen LogP) is 1.94. The highest BCUT2D eigenvalue weighted by Crippen LogP contribution is 2.26. The molecule has 0 aromatic heterocycles. The van der Waals surface area contributed by atoms with Crippen LogP contribution in [0.2, 0.25) is 0 Å². The third-order valence-corrected chi connectivity index (χ3v) is 3.68. The Balaban J connectivity index is 2.35. The number of nitro groups is 1. The number of nitrogen functional groups attached to an aromatic ring is 1. The van der Waals surface area contributed by atoms with Crippen LogP contribution in [0.15, 0.2) is 53.4 Å².